The Morgan fingerprint density at radius 3 is 2.27 bits per heavy atom. The molecule has 2 aromatic carbocycles. The van der Waals surface area contributed by atoms with Crippen LogP contribution in [0.25, 0.3) is 0 Å². The molecule has 1 aliphatic carbocycles. The molecule has 1 atom stereocenters. The Morgan fingerprint density at radius 1 is 0.933 bits per heavy atom. The van der Waals surface area contributed by atoms with Crippen LogP contribution in [0.1, 0.15) is 66.9 Å². The highest BCUT2D eigenvalue weighted by molar-refractivity contribution is 5.99. The fourth-order valence-electron chi connectivity index (χ4n) is 4.56. The Morgan fingerprint density at radius 2 is 1.60 bits per heavy atom. The Kier molecular flexibility index (Phi) is 7.16. The molecule has 0 bridgehead atoms. The van der Waals surface area contributed by atoms with Crippen molar-refractivity contribution < 1.29 is 9.59 Å². The van der Waals surface area contributed by atoms with Gasteiger partial charge in [0, 0.05) is 17.8 Å². The zero-order chi connectivity index (χ0) is 20.3. The lowest BCUT2D eigenvalue weighted by molar-refractivity contribution is -0.122. The molecule has 2 aromatic rings. The van der Waals surface area contributed by atoms with E-state index < -0.39 is 5.54 Å². The van der Waals surface area contributed by atoms with E-state index in [4.69, 9.17) is 5.73 Å². The Hall–Kier alpha value is -2.37. The van der Waals surface area contributed by atoms with Crippen LogP contribution in [0.2, 0.25) is 0 Å². The molecule has 2 aliphatic rings. The molecule has 160 valence electrons. The summed E-state index contributed by atoms with van der Waals surface area (Å²) in [6, 6.07) is 17.5. The predicted molar refractivity (Wildman–Crippen MR) is 122 cm³/mol. The van der Waals surface area contributed by atoms with Gasteiger partial charge in [0.25, 0.3) is 5.91 Å². The van der Waals surface area contributed by atoms with Gasteiger partial charge >= 0.3 is 0 Å². The molecule has 2 amide bonds. The van der Waals surface area contributed by atoms with Crippen molar-refractivity contribution in [2.75, 3.05) is 11.9 Å². The third-order valence-corrected chi connectivity index (χ3v) is 6.29. The first-order valence-corrected chi connectivity index (χ1v) is 10.6. The van der Waals surface area contributed by atoms with E-state index >= 15 is 0 Å². The van der Waals surface area contributed by atoms with Gasteiger partial charge < -0.3 is 16.0 Å². The smallest absolute Gasteiger partial charge is 0.254 e. The first kappa shape index (κ1) is 22.3. The van der Waals surface area contributed by atoms with Gasteiger partial charge in [-0.15, -0.1) is 12.4 Å². The molecular formula is C24H30ClN3O2. The molecule has 1 unspecified atom stereocenters. The number of nitrogens with two attached hydrogens (primary N) is 1. The highest BCUT2D eigenvalue weighted by Gasteiger charge is 2.35. The quantitative estimate of drug-likeness (QED) is 0.743. The van der Waals surface area contributed by atoms with Gasteiger partial charge in [-0.1, -0.05) is 49.6 Å². The molecule has 4 rings (SSSR count). The van der Waals surface area contributed by atoms with Crippen LogP contribution in [-0.2, 0) is 4.79 Å². The molecule has 1 saturated carbocycles. The number of hydrogen-bond acceptors (Lipinski definition) is 3. The Bertz CT molecular complexity index is 864. The number of carbonyl (C=O) groups is 2. The number of amides is 2. The normalized spacial score (nSPS) is 20.3. The van der Waals surface area contributed by atoms with Crippen LogP contribution in [0.15, 0.2) is 54.6 Å². The van der Waals surface area contributed by atoms with Crippen molar-refractivity contribution in [3.63, 3.8) is 0 Å². The summed E-state index contributed by atoms with van der Waals surface area (Å²) in [6.07, 6.45) is 6.59. The number of halogens is 1. The lowest BCUT2D eigenvalue weighted by Crippen LogP contribution is -2.52. The van der Waals surface area contributed by atoms with Crippen LogP contribution in [0.4, 0.5) is 5.69 Å². The first-order chi connectivity index (χ1) is 14.1. The van der Waals surface area contributed by atoms with E-state index in [-0.39, 0.29) is 30.3 Å². The number of hydrogen-bond donors (Lipinski definition) is 2. The highest BCUT2D eigenvalue weighted by Crippen LogP contribution is 2.33. The average Bonchev–Trinajstić information content (AvgIpc) is 3.25. The van der Waals surface area contributed by atoms with Crippen molar-refractivity contribution in [2.24, 2.45) is 5.73 Å². The van der Waals surface area contributed by atoms with Crippen LogP contribution in [0, 0.1) is 0 Å². The summed E-state index contributed by atoms with van der Waals surface area (Å²) in [5, 5.41) is 2.93. The molecule has 6 heteroatoms. The van der Waals surface area contributed by atoms with Gasteiger partial charge in [-0.3, -0.25) is 9.59 Å². The molecule has 0 radical (unpaired) electrons. The molecule has 0 aromatic heterocycles. The molecule has 3 N–H and O–H groups in total. The van der Waals surface area contributed by atoms with E-state index in [2.05, 4.69) is 17.4 Å². The SMILES string of the molecule is Cl.NC1(C(=O)Nc2ccc(C(=O)N3CCCC3c3ccccc3)cc2)CCCCC1. The summed E-state index contributed by atoms with van der Waals surface area (Å²) in [5.74, 6) is -0.0863. The van der Waals surface area contributed by atoms with Gasteiger partial charge in [0.2, 0.25) is 5.91 Å². The molecule has 1 heterocycles. The largest absolute Gasteiger partial charge is 0.332 e. The van der Waals surface area contributed by atoms with Gasteiger partial charge in [0.05, 0.1) is 11.6 Å². The van der Waals surface area contributed by atoms with Crippen molar-refractivity contribution in [3.05, 3.63) is 65.7 Å². The lowest BCUT2D eigenvalue weighted by Gasteiger charge is -2.31. The summed E-state index contributed by atoms with van der Waals surface area (Å²) in [4.78, 5) is 27.6. The molecule has 30 heavy (non-hydrogen) atoms. The van der Waals surface area contributed by atoms with Crippen molar-refractivity contribution in [1.29, 1.82) is 0 Å². The van der Waals surface area contributed by atoms with E-state index in [1.165, 1.54) is 5.56 Å². The average molecular weight is 428 g/mol. The minimum Gasteiger partial charge on any atom is -0.332 e. The summed E-state index contributed by atoms with van der Waals surface area (Å²) < 4.78 is 0. The lowest BCUT2D eigenvalue weighted by atomic mass is 9.82. The number of nitrogens with one attached hydrogen (secondary N) is 1. The van der Waals surface area contributed by atoms with Gasteiger partial charge in [-0.2, -0.15) is 0 Å². The van der Waals surface area contributed by atoms with Crippen molar-refractivity contribution in [2.45, 2.75) is 56.5 Å². The van der Waals surface area contributed by atoms with E-state index in [1.807, 2.05) is 23.1 Å². The van der Waals surface area contributed by atoms with Crippen LogP contribution < -0.4 is 11.1 Å². The maximum atomic E-state index is 13.1. The Labute approximate surface area is 184 Å². The zero-order valence-electron chi connectivity index (χ0n) is 17.2. The summed E-state index contributed by atoms with van der Waals surface area (Å²) in [6.45, 7) is 0.770. The summed E-state index contributed by atoms with van der Waals surface area (Å²) in [5.41, 5.74) is 8.05. The number of nitrogens with zero attached hydrogens (tertiary/aromatic N) is 1. The number of likely N-dealkylation sites (tertiary alicyclic amines) is 1. The standard InChI is InChI=1S/C24H29N3O2.ClH/c25-24(15-5-2-6-16-24)23(29)26-20-13-11-19(12-14-20)22(28)27-17-7-10-21(27)18-8-3-1-4-9-18;/h1,3-4,8-9,11-14,21H,2,5-7,10,15-17,25H2,(H,26,29);1H. The summed E-state index contributed by atoms with van der Waals surface area (Å²) in [7, 11) is 0. The van der Waals surface area contributed by atoms with Crippen molar-refractivity contribution in [3.8, 4) is 0 Å². The van der Waals surface area contributed by atoms with Crippen LogP contribution in [0.5, 0.6) is 0 Å². The monoisotopic (exact) mass is 427 g/mol. The summed E-state index contributed by atoms with van der Waals surface area (Å²) >= 11 is 0. The van der Waals surface area contributed by atoms with Crippen molar-refractivity contribution in [1.82, 2.24) is 4.90 Å². The number of anilines is 1. The highest BCUT2D eigenvalue weighted by atomic mass is 35.5. The molecule has 1 saturated heterocycles. The molecule has 0 spiro atoms. The van der Waals surface area contributed by atoms with Gasteiger partial charge in [-0.25, -0.2) is 0 Å². The topological polar surface area (TPSA) is 75.4 Å². The van der Waals surface area contributed by atoms with Crippen LogP contribution in [-0.4, -0.2) is 28.8 Å². The fourth-order valence-corrected chi connectivity index (χ4v) is 4.56. The fraction of sp³-hybridized carbons (Fsp3) is 0.417. The third-order valence-electron chi connectivity index (χ3n) is 6.29. The van der Waals surface area contributed by atoms with Gasteiger partial charge in [0.1, 0.15) is 0 Å². The van der Waals surface area contributed by atoms with Crippen LogP contribution >= 0.6 is 12.4 Å². The minimum atomic E-state index is -0.773. The number of carbonyl (C=O) groups excluding carboxylic acids is 2. The molecule has 1 aliphatic heterocycles. The number of rotatable bonds is 4. The Balaban J connectivity index is 0.00000256. The van der Waals surface area contributed by atoms with E-state index in [1.54, 1.807) is 24.3 Å². The maximum Gasteiger partial charge on any atom is 0.254 e. The van der Waals surface area contributed by atoms with E-state index in [0.29, 0.717) is 11.3 Å². The minimum absolute atomic E-state index is 0. The van der Waals surface area contributed by atoms with Crippen LogP contribution in [0.3, 0.4) is 0 Å². The van der Waals surface area contributed by atoms with Crippen molar-refractivity contribution >= 4 is 29.9 Å². The second-order valence-electron chi connectivity index (χ2n) is 8.32. The molecule has 5 nitrogen and oxygen atoms in total. The number of benzene rings is 2. The maximum absolute atomic E-state index is 13.1. The van der Waals surface area contributed by atoms with E-state index in [9.17, 15) is 9.59 Å². The van der Waals surface area contributed by atoms with E-state index in [0.717, 1.165) is 51.5 Å². The predicted octanol–water partition coefficient (Wildman–Crippen LogP) is 4.69. The second kappa shape index (κ2) is 9.63. The molecule has 2 fully saturated rings. The third kappa shape index (κ3) is 4.68. The zero-order valence-corrected chi connectivity index (χ0v) is 18.0. The second-order valence-corrected chi connectivity index (χ2v) is 8.32. The molecular weight excluding hydrogens is 398 g/mol. The van der Waals surface area contributed by atoms with Gasteiger partial charge in [0.15, 0.2) is 0 Å². The van der Waals surface area contributed by atoms with Gasteiger partial charge in [-0.05, 0) is 55.5 Å². The first-order valence-electron chi connectivity index (χ1n) is 10.6.